The Hall–Kier alpha value is -2.89. The summed E-state index contributed by atoms with van der Waals surface area (Å²) < 4.78 is 5.66. The molecule has 1 aliphatic rings. The van der Waals surface area contributed by atoms with E-state index >= 15 is 0 Å². The molecule has 3 rings (SSSR count). The molecular formula is C16H15N3O3. The van der Waals surface area contributed by atoms with Crippen LogP contribution in [0.15, 0.2) is 42.6 Å². The number of para-hydroxylation sites is 1. The fraction of sp³-hybridized carbons (Fsp3) is 0.188. The number of amides is 3. The molecule has 0 bridgehead atoms. The molecule has 1 fully saturated rings. The van der Waals surface area contributed by atoms with Crippen LogP contribution in [0.4, 0.5) is 10.5 Å². The minimum absolute atomic E-state index is 0.254. The maximum Gasteiger partial charge on any atom is 0.328 e. The molecule has 6 heteroatoms. The highest BCUT2D eigenvalue weighted by atomic mass is 16.5. The fourth-order valence-corrected chi connectivity index (χ4v) is 2.26. The van der Waals surface area contributed by atoms with Gasteiger partial charge >= 0.3 is 6.03 Å². The molecular weight excluding hydrogens is 282 g/mol. The number of urea groups is 1. The van der Waals surface area contributed by atoms with Gasteiger partial charge in [0, 0.05) is 19.0 Å². The molecule has 1 aromatic carbocycles. The third-order valence-corrected chi connectivity index (χ3v) is 3.37. The summed E-state index contributed by atoms with van der Waals surface area (Å²) in [6.07, 6.45) is 1.87. The number of aromatic nitrogens is 1. The van der Waals surface area contributed by atoms with Crippen molar-refractivity contribution in [3.63, 3.8) is 0 Å². The zero-order valence-corrected chi connectivity index (χ0v) is 12.1. The van der Waals surface area contributed by atoms with Crippen LogP contribution in [0.3, 0.4) is 0 Å². The van der Waals surface area contributed by atoms with Gasteiger partial charge in [-0.25, -0.2) is 9.78 Å². The second kappa shape index (κ2) is 5.85. The van der Waals surface area contributed by atoms with Crippen LogP contribution < -0.4 is 15.0 Å². The summed E-state index contributed by atoms with van der Waals surface area (Å²) in [6, 6.07) is 10.7. The third kappa shape index (κ3) is 2.90. The number of rotatable bonds is 3. The van der Waals surface area contributed by atoms with Crippen LogP contribution in [0.1, 0.15) is 12.0 Å². The van der Waals surface area contributed by atoms with Crippen molar-refractivity contribution >= 4 is 17.6 Å². The first kappa shape index (κ1) is 14.1. The molecule has 0 saturated carbocycles. The molecule has 1 aromatic heterocycles. The van der Waals surface area contributed by atoms with Crippen molar-refractivity contribution in [2.45, 2.75) is 13.3 Å². The molecule has 6 nitrogen and oxygen atoms in total. The fourth-order valence-electron chi connectivity index (χ4n) is 2.26. The SMILES string of the molecule is Cc1cc(Oc2ccccc2)ncc1N1CCC(=O)NC1=O. The summed E-state index contributed by atoms with van der Waals surface area (Å²) in [7, 11) is 0. The minimum Gasteiger partial charge on any atom is -0.439 e. The smallest absolute Gasteiger partial charge is 0.328 e. The lowest BCUT2D eigenvalue weighted by molar-refractivity contribution is -0.120. The summed E-state index contributed by atoms with van der Waals surface area (Å²) in [6.45, 7) is 2.23. The number of ether oxygens (including phenoxy) is 1. The highest BCUT2D eigenvalue weighted by molar-refractivity contribution is 6.05. The van der Waals surface area contributed by atoms with Gasteiger partial charge in [-0.1, -0.05) is 18.2 Å². The second-order valence-electron chi connectivity index (χ2n) is 4.98. The van der Waals surface area contributed by atoms with Crippen molar-refractivity contribution in [2.24, 2.45) is 0 Å². The van der Waals surface area contributed by atoms with Crippen molar-refractivity contribution in [1.82, 2.24) is 10.3 Å². The molecule has 2 heterocycles. The predicted octanol–water partition coefficient (Wildman–Crippen LogP) is 2.63. The Kier molecular flexibility index (Phi) is 3.74. The van der Waals surface area contributed by atoms with E-state index in [0.29, 0.717) is 23.9 Å². The van der Waals surface area contributed by atoms with Crippen LogP contribution in [0.5, 0.6) is 11.6 Å². The summed E-state index contributed by atoms with van der Waals surface area (Å²) in [5.74, 6) is 0.903. The highest BCUT2D eigenvalue weighted by Gasteiger charge is 2.25. The minimum atomic E-state index is -0.419. The van der Waals surface area contributed by atoms with Crippen molar-refractivity contribution in [1.29, 1.82) is 0 Å². The van der Waals surface area contributed by atoms with Gasteiger partial charge in [-0.3, -0.25) is 15.0 Å². The van der Waals surface area contributed by atoms with Crippen LogP contribution in [0.25, 0.3) is 0 Å². The number of hydrogen-bond acceptors (Lipinski definition) is 4. The average Bonchev–Trinajstić information content (AvgIpc) is 2.49. The van der Waals surface area contributed by atoms with Gasteiger partial charge in [-0.2, -0.15) is 0 Å². The molecule has 0 spiro atoms. The summed E-state index contributed by atoms with van der Waals surface area (Å²) in [4.78, 5) is 28.8. The van der Waals surface area contributed by atoms with Crippen molar-refractivity contribution in [3.05, 3.63) is 48.2 Å². The first-order chi connectivity index (χ1) is 10.6. The largest absolute Gasteiger partial charge is 0.439 e. The monoisotopic (exact) mass is 297 g/mol. The Balaban J connectivity index is 1.80. The van der Waals surface area contributed by atoms with E-state index in [1.807, 2.05) is 37.3 Å². The van der Waals surface area contributed by atoms with Gasteiger partial charge in [0.15, 0.2) is 0 Å². The zero-order valence-electron chi connectivity index (χ0n) is 12.1. The maximum absolute atomic E-state index is 11.9. The van der Waals surface area contributed by atoms with Gasteiger partial charge in [-0.05, 0) is 24.6 Å². The van der Waals surface area contributed by atoms with Crippen LogP contribution >= 0.6 is 0 Å². The lowest BCUT2D eigenvalue weighted by Gasteiger charge is -2.27. The highest BCUT2D eigenvalue weighted by Crippen LogP contribution is 2.26. The van der Waals surface area contributed by atoms with Crippen LogP contribution in [-0.4, -0.2) is 23.5 Å². The molecule has 22 heavy (non-hydrogen) atoms. The number of imide groups is 1. The molecule has 0 aliphatic carbocycles. The van der Waals surface area contributed by atoms with Crippen molar-refractivity contribution in [3.8, 4) is 11.6 Å². The molecule has 2 aromatic rings. The Labute approximate surface area is 127 Å². The van der Waals surface area contributed by atoms with E-state index in [1.165, 1.54) is 4.90 Å². The summed E-state index contributed by atoms with van der Waals surface area (Å²) in [5.41, 5.74) is 1.52. The number of carbonyl (C=O) groups is 2. The number of carbonyl (C=O) groups excluding carboxylic acids is 2. The van der Waals surface area contributed by atoms with E-state index in [4.69, 9.17) is 4.74 Å². The van der Waals surface area contributed by atoms with Gasteiger partial charge in [0.1, 0.15) is 5.75 Å². The average molecular weight is 297 g/mol. The van der Waals surface area contributed by atoms with Crippen LogP contribution in [0.2, 0.25) is 0 Å². The topological polar surface area (TPSA) is 71.5 Å². The van der Waals surface area contributed by atoms with Gasteiger partial charge in [0.25, 0.3) is 0 Å². The van der Waals surface area contributed by atoms with E-state index in [0.717, 1.165) is 5.56 Å². The van der Waals surface area contributed by atoms with E-state index in [9.17, 15) is 9.59 Å². The molecule has 1 saturated heterocycles. The van der Waals surface area contributed by atoms with Gasteiger partial charge < -0.3 is 4.74 Å². The maximum atomic E-state index is 11.9. The molecule has 3 amide bonds. The van der Waals surface area contributed by atoms with Crippen LogP contribution in [-0.2, 0) is 4.79 Å². The van der Waals surface area contributed by atoms with E-state index < -0.39 is 6.03 Å². The Morgan fingerprint density at radius 1 is 1.23 bits per heavy atom. The lowest BCUT2D eigenvalue weighted by Crippen LogP contribution is -2.49. The second-order valence-corrected chi connectivity index (χ2v) is 4.98. The standard InChI is InChI=1S/C16H15N3O3/c1-11-9-15(22-12-5-3-2-4-6-12)17-10-13(11)19-8-7-14(20)18-16(19)21/h2-6,9-10H,7-8H2,1H3,(H,18,20,21). The molecule has 1 aliphatic heterocycles. The Morgan fingerprint density at radius 3 is 2.68 bits per heavy atom. The number of pyridine rings is 1. The summed E-state index contributed by atoms with van der Waals surface area (Å²) >= 11 is 0. The van der Waals surface area contributed by atoms with Crippen molar-refractivity contribution < 1.29 is 14.3 Å². The quantitative estimate of drug-likeness (QED) is 0.945. The zero-order chi connectivity index (χ0) is 15.5. The Morgan fingerprint density at radius 2 is 2.00 bits per heavy atom. The number of benzene rings is 1. The normalized spacial score (nSPS) is 14.7. The number of aryl methyl sites for hydroxylation is 1. The van der Waals surface area contributed by atoms with Gasteiger partial charge in [0.05, 0.1) is 11.9 Å². The van der Waals surface area contributed by atoms with Gasteiger partial charge in [0.2, 0.25) is 11.8 Å². The van der Waals surface area contributed by atoms with E-state index in [2.05, 4.69) is 10.3 Å². The molecule has 112 valence electrons. The molecule has 0 unspecified atom stereocenters. The molecule has 0 atom stereocenters. The molecule has 1 N–H and O–H groups in total. The predicted molar refractivity (Wildman–Crippen MR) is 81.0 cm³/mol. The third-order valence-electron chi connectivity index (χ3n) is 3.37. The van der Waals surface area contributed by atoms with E-state index in [-0.39, 0.29) is 12.3 Å². The molecule has 0 radical (unpaired) electrons. The van der Waals surface area contributed by atoms with Crippen LogP contribution in [0, 0.1) is 6.92 Å². The summed E-state index contributed by atoms with van der Waals surface area (Å²) in [5, 5.41) is 2.30. The van der Waals surface area contributed by atoms with E-state index in [1.54, 1.807) is 12.3 Å². The number of anilines is 1. The van der Waals surface area contributed by atoms with Gasteiger partial charge in [-0.15, -0.1) is 0 Å². The number of nitrogens with zero attached hydrogens (tertiary/aromatic N) is 2. The first-order valence-electron chi connectivity index (χ1n) is 6.94. The number of hydrogen-bond donors (Lipinski definition) is 1. The van der Waals surface area contributed by atoms with Crippen molar-refractivity contribution in [2.75, 3.05) is 11.4 Å². The lowest BCUT2D eigenvalue weighted by atomic mass is 10.2. The first-order valence-corrected chi connectivity index (χ1v) is 6.94. The Bertz CT molecular complexity index is 716. The number of nitrogens with one attached hydrogen (secondary N) is 1.